The number of pyridine rings is 1. The number of amides is 1. The van der Waals surface area contributed by atoms with Gasteiger partial charge in [0.25, 0.3) is 0 Å². The van der Waals surface area contributed by atoms with E-state index < -0.39 is 6.04 Å². The van der Waals surface area contributed by atoms with Crippen molar-refractivity contribution in [3.63, 3.8) is 0 Å². The van der Waals surface area contributed by atoms with Crippen molar-refractivity contribution in [1.29, 1.82) is 0 Å². The van der Waals surface area contributed by atoms with Crippen LogP contribution in [-0.4, -0.2) is 30.6 Å². The number of carbonyl (C=O) groups is 1. The van der Waals surface area contributed by atoms with Gasteiger partial charge in [-0.3, -0.25) is 4.79 Å². The Kier molecular flexibility index (Phi) is 5.54. The molecule has 17 heavy (non-hydrogen) atoms. The standard InChI is InChI=1S/C11H16BrN3O2/c1-7-5-8(12)6-14-10(7)15-11(16)9(13)3-4-17-2/h5-6,9H,3-4,13H2,1-2H3,(H,14,15,16). The van der Waals surface area contributed by atoms with Crippen molar-refractivity contribution in [3.05, 3.63) is 22.3 Å². The second kappa shape index (κ2) is 6.68. The van der Waals surface area contributed by atoms with Crippen LogP contribution in [0.2, 0.25) is 0 Å². The fourth-order valence-electron chi connectivity index (χ4n) is 1.26. The molecule has 1 aromatic heterocycles. The normalized spacial score (nSPS) is 12.2. The van der Waals surface area contributed by atoms with E-state index >= 15 is 0 Å². The van der Waals surface area contributed by atoms with Gasteiger partial charge in [0.05, 0.1) is 6.04 Å². The highest BCUT2D eigenvalue weighted by Crippen LogP contribution is 2.16. The summed E-state index contributed by atoms with van der Waals surface area (Å²) < 4.78 is 5.74. The molecule has 1 heterocycles. The summed E-state index contributed by atoms with van der Waals surface area (Å²) in [5.41, 5.74) is 6.58. The van der Waals surface area contributed by atoms with Crippen LogP contribution in [0.15, 0.2) is 16.7 Å². The SMILES string of the molecule is COCCC(N)C(=O)Nc1ncc(Br)cc1C. The number of aromatic nitrogens is 1. The topological polar surface area (TPSA) is 77.2 Å². The Labute approximate surface area is 109 Å². The van der Waals surface area contributed by atoms with E-state index in [1.807, 2.05) is 13.0 Å². The van der Waals surface area contributed by atoms with Crippen LogP contribution in [0, 0.1) is 6.92 Å². The summed E-state index contributed by atoms with van der Waals surface area (Å²) in [5, 5.41) is 2.69. The summed E-state index contributed by atoms with van der Waals surface area (Å²) in [4.78, 5) is 15.8. The molecule has 1 amide bonds. The minimum absolute atomic E-state index is 0.250. The zero-order valence-electron chi connectivity index (χ0n) is 9.87. The number of methoxy groups -OCH3 is 1. The van der Waals surface area contributed by atoms with Crippen molar-refractivity contribution in [2.75, 3.05) is 19.0 Å². The first-order chi connectivity index (χ1) is 8.04. The highest BCUT2D eigenvalue weighted by molar-refractivity contribution is 9.10. The van der Waals surface area contributed by atoms with E-state index in [9.17, 15) is 4.79 Å². The van der Waals surface area contributed by atoms with Crippen molar-refractivity contribution in [2.45, 2.75) is 19.4 Å². The lowest BCUT2D eigenvalue weighted by Crippen LogP contribution is -2.36. The van der Waals surface area contributed by atoms with E-state index in [1.165, 1.54) is 0 Å². The number of rotatable bonds is 5. The molecule has 0 aromatic carbocycles. The number of nitrogens with zero attached hydrogens (tertiary/aromatic N) is 1. The van der Waals surface area contributed by atoms with Crippen LogP contribution < -0.4 is 11.1 Å². The van der Waals surface area contributed by atoms with Crippen molar-refractivity contribution in [2.24, 2.45) is 5.73 Å². The van der Waals surface area contributed by atoms with Gasteiger partial charge in [0.15, 0.2) is 0 Å². The zero-order valence-corrected chi connectivity index (χ0v) is 11.5. The first-order valence-corrected chi connectivity index (χ1v) is 6.01. The number of ether oxygens (including phenoxy) is 1. The van der Waals surface area contributed by atoms with E-state index in [2.05, 4.69) is 26.2 Å². The number of nitrogens with two attached hydrogens (primary N) is 1. The van der Waals surface area contributed by atoms with Crippen LogP contribution in [0.25, 0.3) is 0 Å². The predicted molar refractivity (Wildman–Crippen MR) is 69.8 cm³/mol. The number of hydrogen-bond donors (Lipinski definition) is 2. The van der Waals surface area contributed by atoms with Crippen LogP contribution >= 0.6 is 15.9 Å². The van der Waals surface area contributed by atoms with Crippen LogP contribution in [0.3, 0.4) is 0 Å². The summed E-state index contributed by atoms with van der Waals surface area (Å²) in [7, 11) is 1.57. The summed E-state index contributed by atoms with van der Waals surface area (Å²) >= 11 is 3.31. The largest absolute Gasteiger partial charge is 0.385 e. The second-order valence-corrected chi connectivity index (χ2v) is 4.61. The molecule has 3 N–H and O–H groups in total. The van der Waals surface area contributed by atoms with Gasteiger partial charge < -0.3 is 15.8 Å². The molecule has 0 radical (unpaired) electrons. The third-order valence-electron chi connectivity index (χ3n) is 2.26. The maximum atomic E-state index is 11.7. The van der Waals surface area contributed by atoms with Crippen LogP contribution in [-0.2, 0) is 9.53 Å². The molecule has 1 unspecified atom stereocenters. The average Bonchev–Trinajstić information content (AvgIpc) is 2.29. The number of hydrogen-bond acceptors (Lipinski definition) is 4. The number of halogens is 1. The highest BCUT2D eigenvalue weighted by atomic mass is 79.9. The Morgan fingerprint density at radius 1 is 1.71 bits per heavy atom. The number of aryl methyl sites for hydroxylation is 1. The highest BCUT2D eigenvalue weighted by Gasteiger charge is 2.14. The number of anilines is 1. The molecular formula is C11H16BrN3O2. The minimum Gasteiger partial charge on any atom is -0.385 e. The maximum Gasteiger partial charge on any atom is 0.242 e. The fourth-order valence-corrected chi connectivity index (χ4v) is 1.70. The molecule has 0 fully saturated rings. The van der Waals surface area contributed by atoms with Crippen LogP contribution in [0.4, 0.5) is 5.82 Å². The molecule has 94 valence electrons. The predicted octanol–water partition coefficient (Wildman–Crippen LogP) is 1.45. The van der Waals surface area contributed by atoms with Gasteiger partial charge in [-0.2, -0.15) is 0 Å². The molecule has 1 rings (SSSR count). The van der Waals surface area contributed by atoms with E-state index in [0.717, 1.165) is 10.0 Å². The molecule has 0 aliphatic carbocycles. The number of carbonyl (C=O) groups excluding carboxylic acids is 1. The Hall–Kier alpha value is -0.980. The van der Waals surface area contributed by atoms with E-state index in [4.69, 9.17) is 10.5 Å². The molecule has 0 spiro atoms. The zero-order chi connectivity index (χ0) is 12.8. The van der Waals surface area contributed by atoms with Crippen molar-refractivity contribution in [3.8, 4) is 0 Å². The van der Waals surface area contributed by atoms with E-state index in [1.54, 1.807) is 13.3 Å². The Morgan fingerprint density at radius 2 is 2.41 bits per heavy atom. The quantitative estimate of drug-likeness (QED) is 0.863. The smallest absolute Gasteiger partial charge is 0.242 e. The van der Waals surface area contributed by atoms with Crippen LogP contribution in [0.5, 0.6) is 0 Å². The van der Waals surface area contributed by atoms with Gasteiger partial charge in [-0.25, -0.2) is 4.98 Å². The third kappa shape index (κ3) is 4.41. The fraction of sp³-hybridized carbons (Fsp3) is 0.455. The van der Waals surface area contributed by atoms with Gasteiger partial charge in [0.1, 0.15) is 5.82 Å². The second-order valence-electron chi connectivity index (χ2n) is 3.70. The monoisotopic (exact) mass is 301 g/mol. The maximum absolute atomic E-state index is 11.7. The lowest BCUT2D eigenvalue weighted by Gasteiger charge is -2.12. The molecular weight excluding hydrogens is 286 g/mol. The molecule has 0 aliphatic rings. The van der Waals surface area contributed by atoms with Gasteiger partial charge >= 0.3 is 0 Å². The van der Waals surface area contributed by atoms with Crippen molar-refractivity contribution in [1.82, 2.24) is 4.98 Å². The lowest BCUT2D eigenvalue weighted by atomic mass is 10.2. The lowest BCUT2D eigenvalue weighted by molar-refractivity contribution is -0.117. The Morgan fingerprint density at radius 3 is 3.00 bits per heavy atom. The minimum atomic E-state index is -0.584. The molecule has 6 heteroatoms. The molecule has 5 nitrogen and oxygen atoms in total. The van der Waals surface area contributed by atoms with E-state index in [-0.39, 0.29) is 5.91 Å². The molecule has 0 saturated carbocycles. The average molecular weight is 302 g/mol. The number of nitrogens with one attached hydrogen (secondary N) is 1. The molecule has 1 aromatic rings. The van der Waals surface area contributed by atoms with Crippen molar-refractivity contribution < 1.29 is 9.53 Å². The van der Waals surface area contributed by atoms with Gasteiger partial charge in [-0.1, -0.05) is 0 Å². The van der Waals surface area contributed by atoms with Gasteiger partial charge in [-0.15, -0.1) is 0 Å². The molecule has 0 aliphatic heterocycles. The third-order valence-corrected chi connectivity index (χ3v) is 2.69. The van der Waals surface area contributed by atoms with Gasteiger partial charge in [0, 0.05) is 24.4 Å². The summed E-state index contributed by atoms with van der Waals surface area (Å²) in [5.74, 6) is 0.283. The van der Waals surface area contributed by atoms with Crippen molar-refractivity contribution >= 4 is 27.7 Å². The van der Waals surface area contributed by atoms with E-state index in [0.29, 0.717) is 18.8 Å². The first-order valence-electron chi connectivity index (χ1n) is 5.22. The Bertz CT molecular complexity index is 398. The summed E-state index contributed by atoms with van der Waals surface area (Å²) in [6.45, 7) is 2.33. The summed E-state index contributed by atoms with van der Waals surface area (Å²) in [6, 6.07) is 1.29. The molecule has 1 atom stereocenters. The van der Waals surface area contributed by atoms with Gasteiger partial charge in [-0.05, 0) is 40.9 Å². The first kappa shape index (κ1) is 14.1. The summed E-state index contributed by atoms with van der Waals surface area (Å²) in [6.07, 6.45) is 2.11. The van der Waals surface area contributed by atoms with Gasteiger partial charge in [0.2, 0.25) is 5.91 Å². The Balaban J connectivity index is 2.61. The van der Waals surface area contributed by atoms with Crippen LogP contribution in [0.1, 0.15) is 12.0 Å². The molecule has 0 saturated heterocycles. The molecule has 0 bridgehead atoms.